The molecule has 0 bridgehead atoms. The summed E-state index contributed by atoms with van der Waals surface area (Å²) in [5.41, 5.74) is 1.58. The van der Waals surface area contributed by atoms with Crippen LogP contribution in [0.5, 0.6) is 11.5 Å². The van der Waals surface area contributed by atoms with Gasteiger partial charge in [-0.1, -0.05) is 11.6 Å². The SMILES string of the molecule is CC=O.COc1ccc(-n2nc3ccc(O)cc3c2I)c(Cl)c1. The van der Waals surface area contributed by atoms with Gasteiger partial charge in [-0.25, -0.2) is 4.68 Å². The van der Waals surface area contributed by atoms with Crippen molar-refractivity contribution in [1.82, 2.24) is 9.78 Å². The van der Waals surface area contributed by atoms with E-state index in [-0.39, 0.29) is 5.75 Å². The monoisotopic (exact) mass is 444 g/mol. The number of ether oxygens (including phenoxy) is 1. The first-order chi connectivity index (χ1) is 11.0. The van der Waals surface area contributed by atoms with Crippen LogP contribution in [0.15, 0.2) is 36.4 Å². The predicted octanol–water partition coefficient (Wildman–Crippen LogP) is 4.20. The van der Waals surface area contributed by atoms with Crippen LogP contribution in [0.4, 0.5) is 0 Å². The molecule has 7 heteroatoms. The van der Waals surface area contributed by atoms with Gasteiger partial charge < -0.3 is 14.6 Å². The van der Waals surface area contributed by atoms with Gasteiger partial charge in [-0.2, -0.15) is 5.10 Å². The summed E-state index contributed by atoms with van der Waals surface area (Å²) < 4.78 is 7.79. The Morgan fingerprint density at radius 1 is 1.30 bits per heavy atom. The number of aromatic hydroxyl groups is 1. The van der Waals surface area contributed by atoms with E-state index in [1.54, 1.807) is 36.1 Å². The second kappa shape index (κ2) is 7.65. The number of rotatable bonds is 2. The first kappa shape index (κ1) is 17.6. The quantitative estimate of drug-likeness (QED) is 0.475. The second-order valence-corrected chi connectivity index (χ2v) is 5.89. The first-order valence-electron chi connectivity index (χ1n) is 6.62. The van der Waals surface area contributed by atoms with E-state index in [9.17, 15) is 5.11 Å². The summed E-state index contributed by atoms with van der Waals surface area (Å²) in [6.07, 6.45) is 0.750. The Morgan fingerprint density at radius 3 is 2.61 bits per heavy atom. The van der Waals surface area contributed by atoms with Gasteiger partial charge in [0, 0.05) is 11.5 Å². The van der Waals surface area contributed by atoms with Gasteiger partial charge in [0.05, 0.1) is 23.3 Å². The molecular formula is C16H14ClIN2O3. The largest absolute Gasteiger partial charge is 0.508 e. The molecule has 0 aliphatic heterocycles. The predicted molar refractivity (Wildman–Crippen MR) is 98.8 cm³/mol. The van der Waals surface area contributed by atoms with Crippen LogP contribution in [0.1, 0.15) is 6.92 Å². The number of benzene rings is 2. The number of phenols is 1. The van der Waals surface area contributed by atoms with Crippen LogP contribution in [0.2, 0.25) is 5.02 Å². The molecular weight excluding hydrogens is 431 g/mol. The van der Waals surface area contributed by atoms with Crippen LogP contribution in [0.3, 0.4) is 0 Å². The summed E-state index contributed by atoms with van der Waals surface area (Å²) in [5, 5.41) is 15.5. The van der Waals surface area contributed by atoms with E-state index in [1.165, 1.54) is 6.92 Å². The lowest BCUT2D eigenvalue weighted by Crippen LogP contribution is -1.99. The maximum atomic E-state index is 9.57. The van der Waals surface area contributed by atoms with Gasteiger partial charge in [0.25, 0.3) is 0 Å². The number of halogens is 2. The Labute approximate surface area is 152 Å². The number of carbonyl (C=O) groups excluding carboxylic acids is 1. The molecule has 0 amide bonds. The highest BCUT2D eigenvalue weighted by molar-refractivity contribution is 14.1. The van der Waals surface area contributed by atoms with E-state index in [4.69, 9.17) is 21.1 Å². The highest BCUT2D eigenvalue weighted by Gasteiger charge is 2.13. The van der Waals surface area contributed by atoms with E-state index >= 15 is 0 Å². The summed E-state index contributed by atoms with van der Waals surface area (Å²) in [6.45, 7) is 1.44. The smallest absolute Gasteiger partial charge is 0.120 e. The highest BCUT2D eigenvalue weighted by Crippen LogP contribution is 2.30. The molecule has 120 valence electrons. The average Bonchev–Trinajstić information content (AvgIpc) is 2.84. The van der Waals surface area contributed by atoms with Crippen LogP contribution in [-0.4, -0.2) is 28.3 Å². The van der Waals surface area contributed by atoms with Gasteiger partial charge in [0.1, 0.15) is 21.5 Å². The molecule has 0 fully saturated rings. The Bertz CT molecular complexity index is 849. The van der Waals surface area contributed by atoms with Crippen LogP contribution >= 0.6 is 34.2 Å². The molecule has 0 atom stereocenters. The van der Waals surface area contributed by atoms with E-state index in [2.05, 4.69) is 27.7 Å². The molecule has 0 saturated heterocycles. The van der Waals surface area contributed by atoms with Crippen LogP contribution in [0, 0.1) is 3.70 Å². The van der Waals surface area contributed by atoms with Crippen molar-refractivity contribution < 1.29 is 14.6 Å². The lowest BCUT2D eigenvalue weighted by Gasteiger charge is -2.07. The Balaban J connectivity index is 0.000000595. The van der Waals surface area contributed by atoms with Crippen molar-refractivity contribution in [1.29, 1.82) is 0 Å². The van der Waals surface area contributed by atoms with Crippen LogP contribution < -0.4 is 4.74 Å². The Hall–Kier alpha value is -1.80. The van der Waals surface area contributed by atoms with Gasteiger partial charge in [-0.15, -0.1) is 0 Å². The molecule has 23 heavy (non-hydrogen) atoms. The van der Waals surface area contributed by atoms with Gasteiger partial charge in [-0.05, 0) is 59.8 Å². The van der Waals surface area contributed by atoms with Crippen molar-refractivity contribution in [3.8, 4) is 17.2 Å². The summed E-state index contributed by atoms with van der Waals surface area (Å²) in [6, 6.07) is 10.5. The second-order valence-electron chi connectivity index (χ2n) is 4.46. The zero-order chi connectivity index (χ0) is 17.0. The highest BCUT2D eigenvalue weighted by atomic mass is 127. The fraction of sp³-hybridized carbons (Fsp3) is 0.125. The molecule has 1 N–H and O–H groups in total. The molecule has 3 aromatic rings. The van der Waals surface area contributed by atoms with Gasteiger partial charge in [0.15, 0.2) is 0 Å². The molecule has 3 rings (SSSR count). The maximum Gasteiger partial charge on any atom is 0.120 e. The summed E-state index contributed by atoms with van der Waals surface area (Å²) in [5.74, 6) is 0.916. The first-order valence-corrected chi connectivity index (χ1v) is 8.08. The number of hydrogen-bond acceptors (Lipinski definition) is 4. The van der Waals surface area contributed by atoms with Crippen molar-refractivity contribution in [2.75, 3.05) is 7.11 Å². The molecule has 0 aliphatic rings. The molecule has 1 aromatic heterocycles. The topological polar surface area (TPSA) is 64.4 Å². The minimum Gasteiger partial charge on any atom is -0.508 e. The molecule has 2 aromatic carbocycles. The minimum atomic E-state index is 0.218. The van der Waals surface area contributed by atoms with Crippen LogP contribution in [-0.2, 0) is 4.79 Å². The van der Waals surface area contributed by atoms with Gasteiger partial charge in [-0.3, -0.25) is 0 Å². The minimum absolute atomic E-state index is 0.218. The number of nitrogens with zero attached hydrogens (tertiary/aromatic N) is 2. The Kier molecular flexibility index (Phi) is 5.84. The molecule has 0 saturated carbocycles. The molecule has 0 unspecified atom stereocenters. The van der Waals surface area contributed by atoms with Gasteiger partial charge >= 0.3 is 0 Å². The van der Waals surface area contributed by atoms with E-state index < -0.39 is 0 Å². The maximum absolute atomic E-state index is 9.57. The van der Waals surface area contributed by atoms with E-state index in [1.807, 2.05) is 12.1 Å². The normalized spacial score (nSPS) is 10.1. The number of phenolic OH excluding ortho intramolecular Hbond substituents is 1. The third-order valence-electron chi connectivity index (χ3n) is 2.98. The van der Waals surface area contributed by atoms with Crippen molar-refractivity contribution in [3.05, 3.63) is 45.1 Å². The van der Waals surface area contributed by atoms with Crippen LogP contribution in [0.25, 0.3) is 16.6 Å². The summed E-state index contributed by atoms with van der Waals surface area (Å²) in [7, 11) is 1.60. The van der Waals surface area contributed by atoms with E-state index in [0.29, 0.717) is 10.8 Å². The lowest BCUT2D eigenvalue weighted by atomic mass is 10.2. The lowest BCUT2D eigenvalue weighted by molar-refractivity contribution is -0.106. The number of aromatic nitrogens is 2. The zero-order valence-corrected chi connectivity index (χ0v) is 15.4. The molecule has 1 heterocycles. The number of aldehydes is 1. The molecule has 5 nitrogen and oxygen atoms in total. The van der Waals surface area contributed by atoms with Crippen molar-refractivity contribution in [2.45, 2.75) is 6.92 Å². The van der Waals surface area contributed by atoms with Crippen molar-refractivity contribution in [2.24, 2.45) is 0 Å². The summed E-state index contributed by atoms with van der Waals surface area (Å²) >= 11 is 8.47. The third kappa shape index (κ3) is 3.76. The zero-order valence-electron chi connectivity index (χ0n) is 12.5. The molecule has 0 spiro atoms. The number of methoxy groups -OCH3 is 1. The summed E-state index contributed by atoms with van der Waals surface area (Å²) in [4.78, 5) is 8.81. The average molecular weight is 445 g/mol. The standard InChI is InChI=1S/C14H10ClIN2O2.C2H4O/c1-20-9-3-5-13(11(15)7-9)18-14(16)10-6-8(19)2-4-12(10)17-18;1-2-3/h2-7,19H,1H3;2H,1H3. The molecule has 0 radical (unpaired) electrons. The van der Waals surface area contributed by atoms with Gasteiger partial charge in [0.2, 0.25) is 0 Å². The van der Waals surface area contributed by atoms with Crippen molar-refractivity contribution in [3.63, 3.8) is 0 Å². The Morgan fingerprint density at radius 2 is 2.00 bits per heavy atom. The number of carbonyl (C=O) groups is 1. The fourth-order valence-electron chi connectivity index (χ4n) is 1.99. The number of hydrogen-bond donors (Lipinski definition) is 1. The molecule has 0 aliphatic carbocycles. The fourth-order valence-corrected chi connectivity index (χ4v) is 3.04. The third-order valence-corrected chi connectivity index (χ3v) is 4.32. The van der Waals surface area contributed by atoms with Crippen molar-refractivity contribution >= 4 is 51.4 Å². The number of fused-ring (bicyclic) bond motifs is 1. The van der Waals surface area contributed by atoms with E-state index in [0.717, 1.165) is 26.6 Å².